The van der Waals surface area contributed by atoms with E-state index in [0.717, 1.165) is 25.6 Å². The predicted octanol–water partition coefficient (Wildman–Crippen LogP) is 1.77. The summed E-state index contributed by atoms with van der Waals surface area (Å²) in [4.78, 5) is 29.5. The lowest BCUT2D eigenvalue weighted by Gasteiger charge is -2.24. The zero-order chi connectivity index (χ0) is 20.9. The first-order valence-corrected chi connectivity index (χ1v) is 9.18. The first-order valence-electron chi connectivity index (χ1n) is 7.57. The van der Waals surface area contributed by atoms with Crippen molar-refractivity contribution >= 4 is 27.5 Å². The maximum absolute atomic E-state index is 13.1. The summed E-state index contributed by atoms with van der Waals surface area (Å²) in [5, 5.41) is 11.1. The highest BCUT2D eigenvalue weighted by Gasteiger charge is 2.33. The molecule has 1 aromatic heterocycles. The molecule has 2 rings (SSSR count). The van der Waals surface area contributed by atoms with Crippen LogP contribution in [-0.4, -0.2) is 49.4 Å². The van der Waals surface area contributed by atoms with Gasteiger partial charge in [0, 0.05) is 24.0 Å². The molecule has 0 saturated carbocycles. The van der Waals surface area contributed by atoms with Gasteiger partial charge in [0.1, 0.15) is 5.75 Å². The van der Waals surface area contributed by atoms with Crippen molar-refractivity contribution in [2.75, 3.05) is 18.0 Å². The average Bonchev–Trinajstić information content (AvgIpc) is 2.65. The minimum atomic E-state index is -4.61. The molecule has 150 valence electrons. The van der Waals surface area contributed by atoms with Gasteiger partial charge in [0.05, 0.1) is 18.6 Å². The van der Waals surface area contributed by atoms with Gasteiger partial charge in [-0.05, 0) is 0 Å². The van der Waals surface area contributed by atoms with Gasteiger partial charge < -0.3 is 4.74 Å². The molecule has 0 spiro atoms. The Bertz CT molecular complexity index is 986. The third kappa shape index (κ3) is 4.73. The van der Waals surface area contributed by atoms with Gasteiger partial charge in [-0.25, -0.2) is 36.3 Å². The summed E-state index contributed by atoms with van der Waals surface area (Å²) in [6.45, 7) is -1.33. The fourth-order valence-corrected chi connectivity index (χ4v) is 3.83. The van der Waals surface area contributed by atoms with Crippen molar-refractivity contribution < 1.29 is 31.7 Å². The zero-order valence-corrected chi connectivity index (χ0v) is 15.2. The highest BCUT2D eigenvalue weighted by atomic mass is 32.2. The van der Waals surface area contributed by atoms with Crippen molar-refractivity contribution in [3.8, 4) is 0 Å². The standard InChI is InChI=1S/C15H14F2N4O6S/c1-27-15(22)13-14(19-7-6-18-13)20(8-12(16)17)28(25,26)9-10-4-2-3-5-11(10)21(23)24/h2-7,12H,8-9H2,1H3. The van der Waals surface area contributed by atoms with Crippen LogP contribution in [0.25, 0.3) is 0 Å². The summed E-state index contributed by atoms with van der Waals surface area (Å²) in [5.74, 6) is -2.70. The number of halogens is 2. The molecule has 2 aromatic rings. The number of anilines is 1. The number of nitro benzene ring substituents is 1. The van der Waals surface area contributed by atoms with E-state index in [1.165, 1.54) is 18.2 Å². The number of methoxy groups -OCH3 is 1. The van der Waals surface area contributed by atoms with E-state index < -0.39 is 56.8 Å². The lowest BCUT2D eigenvalue weighted by atomic mass is 10.2. The van der Waals surface area contributed by atoms with Crippen LogP contribution in [0, 0.1) is 10.1 Å². The summed E-state index contributed by atoms with van der Waals surface area (Å²) < 4.78 is 56.5. The fourth-order valence-electron chi connectivity index (χ4n) is 2.30. The quantitative estimate of drug-likeness (QED) is 0.361. The maximum atomic E-state index is 13.1. The Hall–Kier alpha value is -3.22. The Morgan fingerprint density at radius 3 is 2.54 bits per heavy atom. The summed E-state index contributed by atoms with van der Waals surface area (Å²) >= 11 is 0. The van der Waals surface area contributed by atoms with Crippen molar-refractivity contribution in [3.05, 3.63) is 58.0 Å². The van der Waals surface area contributed by atoms with E-state index >= 15 is 0 Å². The normalized spacial score (nSPS) is 11.3. The van der Waals surface area contributed by atoms with E-state index in [9.17, 15) is 32.1 Å². The van der Waals surface area contributed by atoms with E-state index in [4.69, 9.17) is 0 Å². The van der Waals surface area contributed by atoms with Gasteiger partial charge >= 0.3 is 5.97 Å². The fraction of sp³-hybridized carbons (Fsp3) is 0.267. The number of alkyl halides is 2. The maximum Gasteiger partial charge on any atom is 0.360 e. The van der Waals surface area contributed by atoms with Gasteiger partial charge in [0.15, 0.2) is 11.5 Å². The van der Waals surface area contributed by atoms with Crippen LogP contribution in [0.4, 0.5) is 20.3 Å². The number of sulfonamides is 1. The number of nitrogens with zero attached hydrogens (tertiary/aromatic N) is 4. The molecule has 0 fully saturated rings. The number of hydrogen-bond acceptors (Lipinski definition) is 8. The molecule has 0 aliphatic carbocycles. The van der Waals surface area contributed by atoms with Crippen molar-refractivity contribution in [1.29, 1.82) is 0 Å². The number of rotatable bonds is 8. The molecule has 0 aliphatic heterocycles. The first-order chi connectivity index (χ1) is 13.2. The van der Waals surface area contributed by atoms with E-state index in [0.29, 0.717) is 0 Å². The molecule has 0 amide bonds. The first kappa shape index (κ1) is 21.1. The Labute approximate surface area is 158 Å². The third-order valence-corrected chi connectivity index (χ3v) is 5.13. The molecule has 1 heterocycles. The largest absolute Gasteiger partial charge is 0.464 e. The SMILES string of the molecule is COC(=O)c1nccnc1N(CC(F)F)S(=O)(=O)Cc1ccccc1[N+](=O)[O-]. The number of benzene rings is 1. The summed E-state index contributed by atoms with van der Waals surface area (Å²) in [6.07, 6.45) is -1.04. The Morgan fingerprint density at radius 1 is 1.29 bits per heavy atom. The molecule has 0 saturated heterocycles. The van der Waals surface area contributed by atoms with Crippen LogP contribution in [0.1, 0.15) is 16.1 Å². The molecule has 1 aromatic carbocycles. The zero-order valence-electron chi connectivity index (χ0n) is 14.4. The second-order valence-electron chi connectivity index (χ2n) is 5.28. The van der Waals surface area contributed by atoms with Crippen molar-refractivity contribution in [2.24, 2.45) is 0 Å². The van der Waals surface area contributed by atoms with Gasteiger partial charge in [0.25, 0.3) is 12.1 Å². The molecule has 28 heavy (non-hydrogen) atoms. The highest BCUT2D eigenvalue weighted by Crippen LogP contribution is 2.26. The lowest BCUT2D eigenvalue weighted by Crippen LogP contribution is -2.38. The van der Waals surface area contributed by atoms with Crippen LogP contribution in [0.5, 0.6) is 0 Å². The molecule has 0 radical (unpaired) electrons. The van der Waals surface area contributed by atoms with E-state index in [2.05, 4.69) is 14.7 Å². The summed E-state index contributed by atoms with van der Waals surface area (Å²) in [6, 6.07) is 4.99. The molecule has 0 aliphatic rings. The number of aromatic nitrogens is 2. The van der Waals surface area contributed by atoms with Crippen LogP contribution >= 0.6 is 0 Å². The van der Waals surface area contributed by atoms with Crippen LogP contribution in [-0.2, 0) is 20.5 Å². The summed E-state index contributed by atoms with van der Waals surface area (Å²) in [7, 11) is -3.61. The number of ether oxygens (including phenoxy) is 1. The minimum absolute atomic E-state index is 0.202. The Balaban J connectivity index is 2.55. The average molecular weight is 416 g/mol. The second-order valence-corrected chi connectivity index (χ2v) is 7.18. The number of nitro groups is 1. The molecular weight excluding hydrogens is 402 g/mol. The number of para-hydroxylation sites is 1. The van der Waals surface area contributed by atoms with Crippen molar-refractivity contribution in [1.82, 2.24) is 9.97 Å². The molecule has 13 heteroatoms. The third-order valence-electron chi connectivity index (χ3n) is 3.46. The van der Waals surface area contributed by atoms with Gasteiger partial charge in [-0.1, -0.05) is 18.2 Å². The van der Waals surface area contributed by atoms with Crippen LogP contribution < -0.4 is 4.31 Å². The number of esters is 1. The Kier molecular flexibility index (Phi) is 6.51. The van der Waals surface area contributed by atoms with Gasteiger partial charge in [-0.3, -0.25) is 10.1 Å². The second kappa shape index (κ2) is 8.65. The number of hydrogen-bond donors (Lipinski definition) is 0. The van der Waals surface area contributed by atoms with Gasteiger partial charge in [-0.2, -0.15) is 0 Å². The Morgan fingerprint density at radius 2 is 1.93 bits per heavy atom. The van der Waals surface area contributed by atoms with Crippen molar-refractivity contribution in [2.45, 2.75) is 12.2 Å². The molecular formula is C15H14F2N4O6S. The summed E-state index contributed by atoms with van der Waals surface area (Å²) in [5.41, 5.74) is -1.29. The molecule has 0 unspecified atom stereocenters. The molecule has 0 atom stereocenters. The van der Waals surface area contributed by atoms with E-state index in [1.807, 2.05) is 0 Å². The van der Waals surface area contributed by atoms with E-state index in [-0.39, 0.29) is 9.87 Å². The molecule has 0 N–H and O–H groups in total. The molecule has 10 nitrogen and oxygen atoms in total. The van der Waals surface area contributed by atoms with Crippen molar-refractivity contribution in [3.63, 3.8) is 0 Å². The van der Waals surface area contributed by atoms with Crippen LogP contribution in [0.2, 0.25) is 0 Å². The van der Waals surface area contributed by atoms with Gasteiger partial charge in [-0.15, -0.1) is 0 Å². The highest BCUT2D eigenvalue weighted by molar-refractivity contribution is 7.92. The minimum Gasteiger partial charge on any atom is -0.464 e. The van der Waals surface area contributed by atoms with Crippen LogP contribution in [0.15, 0.2) is 36.7 Å². The van der Waals surface area contributed by atoms with Crippen LogP contribution in [0.3, 0.4) is 0 Å². The predicted molar refractivity (Wildman–Crippen MR) is 92.4 cm³/mol. The topological polar surface area (TPSA) is 133 Å². The number of carbonyl (C=O) groups excluding carboxylic acids is 1. The lowest BCUT2D eigenvalue weighted by molar-refractivity contribution is -0.385. The monoisotopic (exact) mass is 416 g/mol. The smallest absolute Gasteiger partial charge is 0.360 e. The van der Waals surface area contributed by atoms with Gasteiger partial charge in [0.2, 0.25) is 10.0 Å². The molecule has 0 bridgehead atoms. The number of carbonyl (C=O) groups is 1. The van der Waals surface area contributed by atoms with E-state index in [1.54, 1.807) is 0 Å².